The van der Waals surface area contributed by atoms with E-state index in [2.05, 4.69) is 15.3 Å². The van der Waals surface area contributed by atoms with E-state index in [0.29, 0.717) is 5.13 Å². The smallest absolute Gasteiger partial charge is 0.288 e. The van der Waals surface area contributed by atoms with E-state index in [9.17, 15) is 9.90 Å². The lowest BCUT2D eigenvalue weighted by molar-refractivity contribution is -0.478. The van der Waals surface area contributed by atoms with Gasteiger partial charge in [0.05, 0.1) is 16.3 Å². The van der Waals surface area contributed by atoms with Crippen molar-refractivity contribution in [3.05, 3.63) is 35.3 Å². The first-order valence-corrected chi connectivity index (χ1v) is 8.55. The van der Waals surface area contributed by atoms with Crippen LogP contribution in [0.15, 0.2) is 29.6 Å². The van der Waals surface area contributed by atoms with E-state index in [1.165, 1.54) is 29.6 Å². The standard InChI is InChI=1S/C15H14N4O2S2/c1-8-13(23-15(16-8)17-9(2)20)12-7-22-14(19-12)18-10-3-5-11(21)6-4-10/h3-7,21H,1-2H3,(H,18,19)(H,16,17,20)/p+1. The van der Waals surface area contributed by atoms with Crippen LogP contribution in [0.1, 0.15) is 12.6 Å². The highest BCUT2D eigenvalue weighted by Gasteiger charge is 2.15. The van der Waals surface area contributed by atoms with Gasteiger partial charge in [0.15, 0.2) is 5.13 Å². The molecule has 0 spiro atoms. The fraction of sp³-hybridized carbons (Fsp3) is 0.133. The van der Waals surface area contributed by atoms with Crippen LogP contribution in [-0.4, -0.2) is 21.0 Å². The highest BCUT2D eigenvalue weighted by atomic mass is 32.1. The maximum absolute atomic E-state index is 11.1. The van der Waals surface area contributed by atoms with Crippen LogP contribution in [0.2, 0.25) is 0 Å². The Labute approximate surface area is 140 Å². The largest absolute Gasteiger partial charge is 0.508 e. The number of aromatic hydroxyl groups is 1. The number of phenols is 1. The molecule has 23 heavy (non-hydrogen) atoms. The van der Waals surface area contributed by atoms with Crippen LogP contribution in [0, 0.1) is 6.92 Å². The van der Waals surface area contributed by atoms with Crippen LogP contribution in [0.5, 0.6) is 5.75 Å². The van der Waals surface area contributed by atoms with Crippen molar-refractivity contribution in [3.8, 4) is 16.3 Å². The van der Waals surface area contributed by atoms with Gasteiger partial charge in [0.2, 0.25) is 5.91 Å². The normalized spacial score (nSPS) is 10.7. The predicted octanol–water partition coefficient (Wildman–Crippen LogP) is 2.77. The van der Waals surface area contributed by atoms with Gasteiger partial charge in [0, 0.05) is 24.4 Å². The van der Waals surface area contributed by atoms with Gasteiger partial charge in [-0.15, -0.1) is 0 Å². The van der Waals surface area contributed by atoms with Gasteiger partial charge in [-0.2, -0.15) is 4.98 Å². The number of carbonyl (C=O) groups is 1. The molecule has 0 radical (unpaired) electrons. The number of hydrogen-bond donors (Lipinski definition) is 3. The highest BCUT2D eigenvalue weighted by molar-refractivity contribution is 7.19. The van der Waals surface area contributed by atoms with Crippen LogP contribution in [0.3, 0.4) is 0 Å². The third kappa shape index (κ3) is 3.73. The Balaban J connectivity index is 1.80. The number of carbonyl (C=O) groups excluding carboxylic acids is 1. The number of aryl methyl sites for hydroxylation is 1. The van der Waals surface area contributed by atoms with Crippen molar-refractivity contribution in [2.24, 2.45) is 0 Å². The quantitative estimate of drug-likeness (QED) is 0.500. The van der Waals surface area contributed by atoms with Crippen molar-refractivity contribution < 1.29 is 15.2 Å². The van der Waals surface area contributed by atoms with Crippen LogP contribution < -0.4 is 10.6 Å². The summed E-state index contributed by atoms with van der Waals surface area (Å²) in [5.41, 5.74) is 2.68. The molecule has 6 nitrogen and oxygen atoms in total. The minimum Gasteiger partial charge on any atom is -0.508 e. The van der Waals surface area contributed by atoms with E-state index in [1.54, 1.807) is 12.1 Å². The third-order valence-corrected chi connectivity index (χ3v) is 4.90. The first-order chi connectivity index (χ1) is 11.0. The Morgan fingerprint density at radius 3 is 2.70 bits per heavy atom. The summed E-state index contributed by atoms with van der Waals surface area (Å²) in [5.74, 6) is 0.109. The molecule has 2 aromatic heterocycles. The van der Waals surface area contributed by atoms with Gasteiger partial charge in [0.25, 0.3) is 5.13 Å². The Bertz CT molecular complexity index is 840. The summed E-state index contributed by atoms with van der Waals surface area (Å²) in [5, 5.41) is 17.4. The maximum Gasteiger partial charge on any atom is 0.288 e. The summed E-state index contributed by atoms with van der Waals surface area (Å²) in [4.78, 5) is 21.0. The summed E-state index contributed by atoms with van der Waals surface area (Å²) in [6, 6.07) is 6.97. The number of nitrogens with two attached hydrogens (primary N) is 1. The van der Waals surface area contributed by atoms with Crippen molar-refractivity contribution in [1.29, 1.82) is 0 Å². The summed E-state index contributed by atoms with van der Waals surface area (Å²) in [7, 11) is 0. The molecule has 0 saturated heterocycles. The van der Waals surface area contributed by atoms with Crippen molar-refractivity contribution in [2.75, 3.05) is 5.32 Å². The molecule has 0 aliphatic carbocycles. The molecule has 3 aromatic rings. The molecule has 0 saturated carbocycles. The molecule has 1 amide bonds. The van der Waals surface area contributed by atoms with Gasteiger partial charge in [-0.1, -0.05) is 22.7 Å². The SMILES string of the molecule is CC(=O)Nc1nc(C)c(-c2csc([NH2+]c3ccc(O)cc3)n2)s1. The van der Waals surface area contributed by atoms with Crippen LogP contribution in [-0.2, 0) is 4.79 Å². The molecule has 2 heterocycles. The van der Waals surface area contributed by atoms with Crippen LogP contribution in [0.25, 0.3) is 10.6 Å². The zero-order valence-electron chi connectivity index (χ0n) is 12.5. The van der Waals surface area contributed by atoms with E-state index >= 15 is 0 Å². The first-order valence-electron chi connectivity index (χ1n) is 6.86. The minimum atomic E-state index is -0.134. The van der Waals surface area contributed by atoms with Gasteiger partial charge in [-0.25, -0.2) is 4.98 Å². The van der Waals surface area contributed by atoms with Gasteiger partial charge >= 0.3 is 0 Å². The third-order valence-electron chi connectivity index (χ3n) is 3.02. The Morgan fingerprint density at radius 1 is 1.26 bits per heavy atom. The number of hydrogen-bond acceptors (Lipinski definition) is 6. The van der Waals surface area contributed by atoms with Gasteiger partial charge in [-0.3, -0.25) is 10.1 Å². The fourth-order valence-electron chi connectivity index (χ4n) is 2.01. The molecular weight excluding hydrogens is 332 g/mol. The van der Waals surface area contributed by atoms with Crippen molar-refractivity contribution in [1.82, 2.24) is 9.97 Å². The van der Waals surface area contributed by atoms with Crippen molar-refractivity contribution >= 4 is 44.5 Å². The van der Waals surface area contributed by atoms with E-state index in [1.807, 2.05) is 29.8 Å². The number of benzene rings is 1. The number of nitrogens with one attached hydrogen (secondary N) is 1. The molecule has 4 N–H and O–H groups in total. The first kappa shape index (κ1) is 15.6. The average molecular weight is 347 g/mol. The number of anilines is 1. The number of nitrogens with zero attached hydrogens (tertiary/aromatic N) is 2. The van der Waals surface area contributed by atoms with E-state index in [-0.39, 0.29) is 11.7 Å². The molecule has 0 unspecified atom stereocenters. The van der Waals surface area contributed by atoms with Gasteiger partial charge in [-0.05, 0) is 19.1 Å². The van der Waals surface area contributed by atoms with Crippen molar-refractivity contribution in [3.63, 3.8) is 0 Å². The van der Waals surface area contributed by atoms with Gasteiger partial charge < -0.3 is 10.4 Å². The molecule has 118 valence electrons. The number of aromatic nitrogens is 2. The van der Waals surface area contributed by atoms with Crippen LogP contribution >= 0.6 is 22.7 Å². The second-order valence-corrected chi connectivity index (χ2v) is 6.81. The number of thiazole rings is 2. The zero-order chi connectivity index (χ0) is 16.4. The lowest BCUT2D eigenvalue weighted by Crippen LogP contribution is -2.70. The number of phenolic OH excluding ortho intramolecular Hbond substituents is 1. The number of quaternary nitrogens is 1. The summed E-state index contributed by atoms with van der Waals surface area (Å²) in [6.07, 6.45) is 0. The summed E-state index contributed by atoms with van der Waals surface area (Å²) < 4.78 is 0. The monoisotopic (exact) mass is 347 g/mol. The molecule has 0 atom stereocenters. The number of amides is 1. The van der Waals surface area contributed by atoms with Gasteiger partial charge in [0.1, 0.15) is 11.4 Å². The molecule has 0 fully saturated rings. The maximum atomic E-state index is 11.1. The second kappa shape index (κ2) is 6.45. The van der Waals surface area contributed by atoms with E-state index < -0.39 is 0 Å². The molecule has 1 aromatic carbocycles. The number of rotatable bonds is 4. The average Bonchev–Trinajstić information content (AvgIpc) is 3.07. The highest BCUT2D eigenvalue weighted by Crippen LogP contribution is 2.33. The topological polar surface area (TPSA) is 91.7 Å². The Kier molecular flexibility index (Phi) is 4.37. The van der Waals surface area contributed by atoms with Crippen LogP contribution in [0.4, 0.5) is 16.0 Å². The lowest BCUT2D eigenvalue weighted by Gasteiger charge is -1.96. The summed E-state index contributed by atoms with van der Waals surface area (Å²) in [6.45, 7) is 3.36. The molecular formula is C15H15N4O2S2+. The molecule has 8 heteroatoms. The van der Waals surface area contributed by atoms with E-state index in [0.717, 1.165) is 27.1 Å². The zero-order valence-corrected chi connectivity index (χ0v) is 14.2. The predicted molar refractivity (Wildman–Crippen MR) is 91.6 cm³/mol. The molecule has 0 bridgehead atoms. The fourth-order valence-corrected chi connectivity index (χ4v) is 3.82. The lowest BCUT2D eigenvalue weighted by atomic mass is 10.3. The molecule has 0 aliphatic heterocycles. The Hall–Kier alpha value is -2.29. The minimum absolute atomic E-state index is 0.134. The molecule has 0 aliphatic rings. The Morgan fingerprint density at radius 2 is 2.00 bits per heavy atom. The molecule has 3 rings (SSSR count). The van der Waals surface area contributed by atoms with E-state index in [4.69, 9.17) is 0 Å². The summed E-state index contributed by atoms with van der Waals surface area (Å²) >= 11 is 2.95. The van der Waals surface area contributed by atoms with Crippen molar-refractivity contribution in [2.45, 2.75) is 13.8 Å². The second-order valence-electron chi connectivity index (χ2n) is 4.92.